The third-order valence-corrected chi connectivity index (χ3v) is 19.5. The van der Waals surface area contributed by atoms with Gasteiger partial charge in [-0.05, 0) is 84.3 Å². The summed E-state index contributed by atoms with van der Waals surface area (Å²) in [7, 11) is -0.453. The molecule has 1 fully saturated rings. The molecule has 41 heavy (non-hydrogen) atoms. The first-order valence-electron chi connectivity index (χ1n) is 15.8. The summed E-state index contributed by atoms with van der Waals surface area (Å²) >= 11 is 0. The second-order valence-corrected chi connectivity index (χ2v) is 23.4. The maximum Gasteiger partial charge on any atom is 0.100 e. The van der Waals surface area contributed by atoms with E-state index in [1.54, 1.807) is 0 Å². The Hall–Kier alpha value is -1.20. The van der Waals surface area contributed by atoms with Crippen LogP contribution in [0.1, 0.15) is 145 Å². The van der Waals surface area contributed by atoms with Gasteiger partial charge in [0, 0.05) is 18.5 Å². The van der Waals surface area contributed by atoms with E-state index in [1.165, 1.54) is 47.2 Å². The van der Waals surface area contributed by atoms with Crippen LogP contribution in [0.3, 0.4) is 0 Å². The molecule has 0 aromatic heterocycles. The Labute approximate surface area is 255 Å². The summed E-state index contributed by atoms with van der Waals surface area (Å²) in [6, 6.07) is 15.8. The molecule has 228 valence electrons. The van der Waals surface area contributed by atoms with E-state index < -0.39 is 14.7 Å². The fourth-order valence-corrected chi connectivity index (χ4v) is 20.1. The predicted molar refractivity (Wildman–Crippen MR) is 189 cm³/mol. The molecule has 1 heterocycles. The Bertz CT molecular complexity index is 1240. The van der Waals surface area contributed by atoms with Gasteiger partial charge in [0.05, 0.1) is 5.69 Å². The van der Waals surface area contributed by atoms with Crippen molar-refractivity contribution < 1.29 is 0 Å². The second-order valence-electron chi connectivity index (χ2n) is 16.1. The minimum absolute atomic E-state index is 0.0179. The molecule has 1 aliphatic heterocycles. The van der Waals surface area contributed by atoms with Crippen LogP contribution in [0, 0.1) is 0 Å². The van der Waals surface area contributed by atoms with Gasteiger partial charge < -0.3 is 0 Å². The summed E-state index contributed by atoms with van der Waals surface area (Å²) in [5, 5.41) is 0.302. The van der Waals surface area contributed by atoms with Crippen LogP contribution in [0.5, 0.6) is 0 Å². The van der Waals surface area contributed by atoms with Gasteiger partial charge in [-0.15, -0.1) is 0 Å². The van der Waals surface area contributed by atoms with E-state index in [1.807, 2.05) is 0 Å². The Morgan fingerprint density at radius 2 is 1.17 bits per heavy atom. The number of rotatable bonds is 7. The fraction of sp³-hybridized carbons (Fsp3) is 0.622. The molecule has 2 aromatic rings. The molecule has 2 aromatic carbocycles. The minimum Gasteiger partial charge on any atom is -0.242 e. The van der Waals surface area contributed by atoms with Gasteiger partial charge in [0.15, 0.2) is 0 Å². The molecule has 0 saturated carbocycles. The number of hydrogen-bond donors (Lipinski definition) is 0. The monoisotopic (exact) mass is 594 g/mol. The first-order chi connectivity index (χ1) is 18.7. The van der Waals surface area contributed by atoms with Crippen molar-refractivity contribution in [2.45, 2.75) is 150 Å². The molecule has 0 amide bonds. The van der Waals surface area contributed by atoms with Crippen LogP contribution in [-0.4, -0.2) is 15.1 Å². The average Bonchev–Trinajstić information content (AvgIpc) is 3.52. The van der Waals surface area contributed by atoms with E-state index in [9.17, 15) is 0 Å². The van der Waals surface area contributed by atoms with Crippen LogP contribution in [0.4, 0.5) is 5.69 Å². The number of benzene rings is 2. The highest BCUT2D eigenvalue weighted by atomic mass is 32.1. The summed E-state index contributed by atoms with van der Waals surface area (Å²) in [5.41, 5.74) is 6.82. The highest BCUT2D eigenvalue weighted by molar-refractivity contribution is 8.48. The Morgan fingerprint density at radius 3 is 1.54 bits per heavy atom. The molecule has 4 heteroatoms. The maximum absolute atomic E-state index is 6.19. The maximum atomic E-state index is 6.19. The van der Waals surface area contributed by atoms with Crippen molar-refractivity contribution in [3.63, 3.8) is 0 Å². The van der Waals surface area contributed by atoms with Crippen LogP contribution >= 0.6 is 14.7 Å². The summed E-state index contributed by atoms with van der Waals surface area (Å²) in [6.45, 7) is 33.8. The lowest BCUT2D eigenvalue weighted by Gasteiger charge is -2.33. The summed E-state index contributed by atoms with van der Waals surface area (Å²) in [6.07, 6.45) is 6.00. The van der Waals surface area contributed by atoms with Crippen molar-refractivity contribution in [3.05, 3.63) is 70.5 Å². The molecule has 3 rings (SSSR count). The third kappa shape index (κ3) is 6.97. The normalized spacial score (nSPS) is 22.3. The standard InChI is InChI=1S/C37H60N2P2/c1-16-37(17-2,18-3)40-39(36(13,14)15)41(40,25-24-28-22-20-19-21-23-28)38-32-30(34(7,8)9)26-29(33(4,5)6)27-31(32)35(10,11)12/h19-27H,16-18H2,1-15H3/b25-24+/t39?,40-,41+/m0/s1. The van der Waals surface area contributed by atoms with Gasteiger partial charge in [-0.2, -0.15) is 0 Å². The lowest BCUT2D eigenvalue weighted by Crippen LogP contribution is -2.28. The zero-order valence-electron chi connectivity index (χ0n) is 29.1. The summed E-state index contributed by atoms with van der Waals surface area (Å²) in [5.74, 6) is 2.59. The van der Waals surface area contributed by atoms with Gasteiger partial charge in [-0.25, -0.2) is 9.19 Å². The molecular weight excluding hydrogens is 534 g/mol. The zero-order chi connectivity index (χ0) is 31.2. The molecule has 0 bridgehead atoms. The minimum atomic E-state index is -2.00. The van der Waals surface area contributed by atoms with Gasteiger partial charge in [-0.1, -0.05) is 132 Å². The number of hydrogen-bond acceptors (Lipinski definition) is 1. The first kappa shape index (κ1) is 34.3. The smallest absolute Gasteiger partial charge is 0.100 e. The molecule has 1 unspecified atom stereocenters. The van der Waals surface area contributed by atoms with Gasteiger partial charge in [-0.3, -0.25) is 0 Å². The third-order valence-electron chi connectivity index (χ3n) is 8.81. The Balaban J connectivity index is 2.55. The van der Waals surface area contributed by atoms with Crippen LogP contribution in [0.25, 0.3) is 6.08 Å². The SMILES string of the molecule is CCC(CC)(CC)[P@@]1N(C(C)(C)C)[P@@]1(/C=C/c1ccccc1)=Nc1c(C(C)(C)C)cc(C(C)(C)C)cc1C(C)(C)C. The zero-order valence-corrected chi connectivity index (χ0v) is 30.9. The number of nitrogens with zero attached hydrogens (tertiary/aromatic N) is 2. The quantitative estimate of drug-likeness (QED) is 0.230. The van der Waals surface area contributed by atoms with Gasteiger partial charge in [0.2, 0.25) is 0 Å². The molecule has 0 spiro atoms. The van der Waals surface area contributed by atoms with Crippen molar-refractivity contribution >= 4 is 26.4 Å². The lowest BCUT2D eigenvalue weighted by molar-refractivity contribution is 0.402. The molecule has 0 radical (unpaired) electrons. The van der Waals surface area contributed by atoms with Crippen molar-refractivity contribution in [2.75, 3.05) is 0 Å². The van der Waals surface area contributed by atoms with E-state index in [2.05, 4.69) is 163 Å². The topological polar surface area (TPSA) is 15.4 Å². The van der Waals surface area contributed by atoms with E-state index in [0.717, 1.165) is 0 Å². The van der Waals surface area contributed by atoms with Crippen LogP contribution < -0.4 is 0 Å². The van der Waals surface area contributed by atoms with E-state index in [4.69, 9.17) is 4.74 Å². The molecule has 3 atom stereocenters. The van der Waals surface area contributed by atoms with Crippen molar-refractivity contribution in [1.82, 2.24) is 4.44 Å². The molecular formula is C37H60N2P2. The van der Waals surface area contributed by atoms with Gasteiger partial charge in [0.25, 0.3) is 0 Å². The fourth-order valence-electron chi connectivity index (χ4n) is 6.07. The van der Waals surface area contributed by atoms with Gasteiger partial charge in [0.1, 0.15) is 6.89 Å². The average molecular weight is 595 g/mol. The Morgan fingerprint density at radius 1 is 0.707 bits per heavy atom. The Kier molecular flexibility index (Phi) is 9.80. The molecule has 1 saturated heterocycles. The van der Waals surface area contributed by atoms with Crippen molar-refractivity contribution in [1.29, 1.82) is 0 Å². The molecule has 1 aliphatic rings. The largest absolute Gasteiger partial charge is 0.242 e. The lowest BCUT2D eigenvalue weighted by atomic mass is 9.74. The van der Waals surface area contributed by atoms with Crippen LogP contribution in [-0.2, 0) is 16.2 Å². The van der Waals surface area contributed by atoms with Crippen LogP contribution in [0.15, 0.2) is 53.0 Å². The van der Waals surface area contributed by atoms with E-state index >= 15 is 0 Å². The highest BCUT2D eigenvalue weighted by Crippen LogP contribution is 3.08. The van der Waals surface area contributed by atoms with E-state index in [-0.39, 0.29) is 21.8 Å². The van der Waals surface area contributed by atoms with Gasteiger partial charge >= 0.3 is 0 Å². The first-order valence-corrected chi connectivity index (χ1v) is 19.6. The highest BCUT2D eigenvalue weighted by Gasteiger charge is 2.66. The molecule has 0 N–H and O–H groups in total. The van der Waals surface area contributed by atoms with Crippen molar-refractivity contribution in [3.8, 4) is 0 Å². The summed E-state index contributed by atoms with van der Waals surface area (Å²) < 4.78 is 9.10. The predicted octanol–water partition coefficient (Wildman–Crippen LogP) is 13.4. The molecule has 2 nitrogen and oxygen atoms in total. The summed E-state index contributed by atoms with van der Waals surface area (Å²) in [4.78, 5) is 0. The molecule has 0 aliphatic carbocycles. The van der Waals surface area contributed by atoms with Crippen LogP contribution in [0.2, 0.25) is 0 Å². The second kappa shape index (κ2) is 11.7. The van der Waals surface area contributed by atoms with Crippen molar-refractivity contribution in [2.24, 2.45) is 4.74 Å². The van der Waals surface area contributed by atoms with E-state index in [0.29, 0.717) is 5.16 Å².